The summed E-state index contributed by atoms with van der Waals surface area (Å²) in [6, 6.07) is 10.2. The summed E-state index contributed by atoms with van der Waals surface area (Å²) in [7, 11) is 0. The largest absolute Gasteiger partial charge is 0.416 e. The van der Waals surface area contributed by atoms with E-state index in [1.165, 1.54) is 24.3 Å². The average molecular weight is 380 g/mol. The Morgan fingerprint density at radius 1 is 1.00 bits per heavy atom. The van der Waals surface area contributed by atoms with E-state index in [1.807, 2.05) is 0 Å². The van der Waals surface area contributed by atoms with E-state index in [4.69, 9.17) is 0 Å². The molecule has 1 N–H and O–H groups in total. The van der Waals surface area contributed by atoms with Crippen LogP contribution in [0.1, 0.15) is 40.4 Å². The van der Waals surface area contributed by atoms with Crippen LogP contribution in [0.15, 0.2) is 48.5 Å². The van der Waals surface area contributed by atoms with Gasteiger partial charge in [-0.2, -0.15) is 13.2 Å². The van der Waals surface area contributed by atoms with Crippen LogP contribution in [0.2, 0.25) is 0 Å². The number of benzene rings is 2. The molecule has 1 saturated heterocycles. The smallest absolute Gasteiger partial charge is 0.350 e. The Hall–Kier alpha value is -2.41. The van der Waals surface area contributed by atoms with Gasteiger partial charge in [-0.3, -0.25) is 9.69 Å². The third-order valence-corrected chi connectivity index (χ3v) is 4.77. The first kappa shape index (κ1) is 19.4. The van der Waals surface area contributed by atoms with Gasteiger partial charge in [0.1, 0.15) is 5.82 Å². The first-order valence-corrected chi connectivity index (χ1v) is 8.79. The number of hydrogen-bond acceptors (Lipinski definition) is 2. The van der Waals surface area contributed by atoms with E-state index in [-0.39, 0.29) is 17.4 Å². The fourth-order valence-electron chi connectivity index (χ4n) is 3.30. The Balaban J connectivity index is 1.69. The molecule has 2 aromatic carbocycles. The Bertz CT molecular complexity index is 766. The lowest BCUT2D eigenvalue weighted by Crippen LogP contribution is -2.36. The number of halogens is 4. The topological polar surface area (TPSA) is 32.3 Å². The Morgan fingerprint density at radius 3 is 2.15 bits per heavy atom. The maximum Gasteiger partial charge on any atom is 0.416 e. The number of rotatable bonds is 5. The molecule has 1 heterocycles. The first-order valence-electron chi connectivity index (χ1n) is 8.79. The molecular formula is C20H20F4N2O. The molecule has 0 radical (unpaired) electrons. The lowest BCUT2D eigenvalue weighted by Gasteiger charge is -2.28. The quantitative estimate of drug-likeness (QED) is 0.780. The fraction of sp³-hybridized carbons (Fsp3) is 0.350. The van der Waals surface area contributed by atoms with Gasteiger partial charge in [-0.15, -0.1) is 0 Å². The highest BCUT2D eigenvalue weighted by molar-refractivity contribution is 5.94. The number of nitrogens with zero attached hydrogens (tertiary/aromatic N) is 1. The van der Waals surface area contributed by atoms with Crippen LogP contribution in [0.5, 0.6) is 0 Å². The van der Waals surface area contributed by atoms with Crippen LogP contribution < -0.4 is 5.32 Å². The minimum atomic E-state index is -4.43. The highest BCUT2D eigenvalue weighted by Crippen LogP contribution is 2.29. The highest BCUT2D eigenvalue weighted by atomic mass is 19.4. The zero-order valence-corrected chi connectivity index (χ0v) is 14.6. The molecule has 2 aromatic rings. The lowest BCUT2D eigenvalue weighted by atomic mass is 10.0. The summed E-state index contributed by atoms with van der Waals surface area (Å²) in [6.45, 7) is 2.07. The van der Waals surface area contributed by atoms with Gasteiger partial charge < -0.3 is 5.32 Å². The first-order chi connectivity index (χ1) is 12.8. The number of nitrogens with one attached hydrogen (secondary N) is 1. The normalized spacial score (nSPS) is 16.3. The van der Waals surface area contributed by atoms with Crippen LogP contribution in [-0.2, 0) is 6.18 Å². The Kier molecular flexibility index (Phi) is 5.79. The van der Waals surface area contributed by atoms with Crippen LogP contribution >= 0.6 is 0 Å². The Morgan fingerprint density at radius 2 is 1.59 bits per heavy atom. The summed E-state index contributed by atoms with van der Waals surface area (Å²) in [5.74, 6) is -0.761. The van der Waals surface area contributed by atoms with Crippen LogP contribution in [0.4, 0.5) is 17.6 Å². The van der Waals surface area contributed by atoms with Crippen molar-refractivity contribution in [3.8, 4) is 0 Å². The van der Waals surface area contributed by atoms with Gasteiger partial charge in [0.15, 0.2) is 0 Å². The molecule has 3 rings (SSSR count). The molecule has 144 valence electrons. The van der Waals surface area contributed by atoms with Crippen molar-refractivity contribution in [3.05, 3.63) is 71.0 Å². The van der Waals surface area contributed by atoms with E-state index in [0.29, 0.717) is 6.54 Å². The summed E-state index contributed by atoms with van der Waals surface area (Å²) in [5, 5.41) is 2.79. The van der Waals surface area contributed by atoms with E-state index in [1.54, 1.807) is 12.1 Å². The van der Waals surface area contributed by atoms with Crippen molar-refractivity contribution in [3.63, 3.8) is 0 Å². The van der Waals surface area contributed by atoms with Gasteiger partial charge in [0.25, 0.3) is 5.91 Å². The average Bonchev–Trinajstić information content (AvgIpc) is 3.17. The second kappa shape index (κ2) is 8.08. The van der Waals surface area contributed by atoms with Crippen molar-refractivity contribution in [2.24, 2.45) is 0 Å². The van der Waals surface area contributed by atoms with E-state index in [0.717, 1.165) is 43.6 Å². The molecule has 1 amide bonds. The summed E-state index contributed by atoms with van der Waals surface area (Å²) >= 11 is 0. The second-order valence-electron chi connectivity index (χ2n) is 6.60. The number of amides is 1. The maximum absolute atomic E-state index is 13.2. The van der Waals surface area contributed by atoms with Gasteiger partial charge in [0.2, 0.25) is 0 Å². The van der Waals surface area contributed by atoms with Gasteiger partial charge >= 0.3 is 6.18 Å². The predicted octanol–water partition coefficient (Wildman–Crippen LogP) is 4.41. The number of likely N-dealkylation sites (tertiary alicyclic amines) is 1. The summed E-state index contributed by atoms with van der Waals surface area (Å²) in [4.78, 5) is 14.6. The molecule has 3 nitrogen and oxygen atoms in total. The van der Waals surface area contributed by atoms with E-state index >= 15 is 0 Å². The fourth-order valence-corrected chi connectivity index (χ4v) is 3.30. The monoisotopic (exact) mass is 380 g/mol. The summed E-state index contributed by atoms with van der Waals surface area (Å²) in [6.07, 6.45) is -2.31. The van der Waals surface area contributed by atoms with Crippen molar-refractivity contribution in [2.75, 3.05) is 19.6 Å². The summed E-state index contributed by atoms with van der Waals surface area (Å²) in [5.41, 5.74) is 0.272. The molecule has 0 saturated carbocycles. The molecule has 1 aliphatic heterocycles. The van der Waals surface area contributed by atoms with Crippen molar-refractivity contribution in [1.29, 1.82) is 0 Å². The minimum Gasteiger partial charge on any atom is -0.350 e. The van der Waals surface area contributed by atoms with Crippen LogP contribution in [0.3, 0.4) is 0 Å². The second-order valence-corrected chi connectivity index (χ2v) is 6.60. The predicted molar refractivity (Wildman–Crippen MR) is 93.7 cm³/mol. The Labute approximate surface area is 155 Å². The van der Waals surface area contributed by atoms with Crippen molar-refractivity contribution in [1.82, 2.24) is 10.2 Å². The SMILES string of the molecule is O=C(NCC(c1ccc(F)cc1)N1CCCC1)c1ccc(C(F)(F)F)cc1. The van der Waals surface area contributed by atoms with Crippen molar-refractivity contribution in [2.45, 2.75) is 25.1 Å². The van der Waals surface area contributed by atoms with Gasteiger partial charge in [0, 0.05) is 12.1 Å². The van der Waals surface area contributed by atoms with E-state index in [9.17, 15) is 22.4 Å². The molecule has 7 heteroatoms. The van der Waals surface area contributed by atoms with Gasteiger partial charge in [-0.1, -0.05) is 12.1 Å². The number of carbonyl (C=O) groups is 1. The zero-order chi connectivity index (χ0) is 19.4. The van der Waals surface area contributed by atoms with Gasteiger partial charge in [0.05, 0.1) is 11.6 Å². The molecule has 1 aliphatic rings. The third kappa shape index (κ3) is 4.86. The number of hydrogen-bond donors (Lipinski definition) is 1. The molecule has 0 bridgehead atoms. The van der Waals surface area contributed by atoms with E-state index in [2.05, 4.69) is 10.2 Å². The third-order valence-electron chi connectivity index (χ3n) is 4.77. The lowest BCUT2D eigenvalue weighted by molar-refractivity contribution is -0.137. The van der Waals surface area contributed by atoms with Crippen molar-refractivity contribution >= 4 is 5.91 Å². The molecule has 0 aromatic heterocycles. The summed E-state index contributed by atoms with van der Waals surface area (Å²) < 4.78 is 51.1. The molecule has 1 fully saturated rings. The van der Waals surface area contributed by atoms with Crippen LogP contribution in [-0.4, -0.2) is 30.4 Å². The van der Waals surface area contributed by atoms with E-state index < -0.39 is 17.6 Å². The molecule has 27 heavy (non-hydrogen) atoms. The molecule has 0 spiro atoms. The van der Waals surface area contributed by atoms with Gasteiger partial charge in [-0.05, 0) is 67.9 Å². The molecule has 0 aliphatic carbocycles. The zero-order valence-electron chi connectivity index (χ0n) is 14.6. The number of carbonyl (C=O) groups excluding carboxylic acids is 1. The minimum absolute atomic E-state index is 0.105. The highest BCUT2D eigenvalue weighted by Gasteiger charge is 2.30. The molecule has 1 atom stereocenters. The van der Waals surface area contributed by atoms with Gasteiger partial charge in [-0.25, -0.2) is 4.39 Å². The maximum atomic E-state index is 13.2. The molecular weight excluding hydrogens is 360 g/mol. The number of alkyl halides is 3. The van der Waals surface area contributed by atoms with Crippen molar-refractivity contribution < 1.29 is 22.4 Å². The standard InChI is InChI=1S/C20H20F4N2O/c21-17-9-5-14(6-10-17)18(26-11-1-2-12-26)13-25-19(27)15-3-7-16(8-4-15)20(22,23)24/h3-10,18H,1-2,11-13H2,(H,25,27). The van der Waals surface area contributed by atoms with Crippen LogP contribution in [0.25, 0.3) is 0 Å². The van der Waals surface area contributed by atoms with Crippen LogP contribution in [0, 0.1) is 5.82 Å². The molecule has 1 unspecified atom stereocenters.